The van der Waals surface area contributed by atoms with E-state index in [1.807, 2.05) is 6.07 Å². The van der Waals surface area contributed by atoms with Crippen LogP contribution in [0.15, 0.2) is 30.3 Å². The molecular formula is C25H32F2N8O2. The van der Waals surface area contributed by atoms with Crippen LogP contribution in [0.4, 0.5) is 31.8 Å². The van der Waals surface area contributed by atoms with Gasteiger partial charge in [-0.1, -0.05) is 12.1 Å². The Morgan fingerprint density at radius 1 is 0.973 bits per heavy atom. The summed E-state index contributed by atoms with van der Waals surface area (Å²) in [5.74, 6) is 1.20. The normalized spacial score (nSPS) is 22.4. The first kappa shape index (κ1) is 24.3. The summed E-state index contributed by atoms with van der Waals surface area (Å²) in [6.07, 6.45) is 0.0691. The summed E-state index contributed by atoms with van der Waals surface area (Å²) in [5, 5.41) is 9.33. The second-order valence-corrected chi connectivity index (χ2v) is 9.96. The van der Waals surface area contributed by atoms with Gasteiger partial charge in [0.05, 0.1) is 24.6 Å². The van der Waals surface area contributed by atoms with Crippen molar-refractivity contribution in [1.82, 2.24) is 20.2 Å². The van der Waals surface area contributed by atoms with Crippen molar-refractivity contribution in [3.63, 3.8) is 0 Å². The number of fused-ring (bicyclic) bond motifs is 1. The number of ether oxygens (including phenoxy) is 1. The molecule has 3 aliphatic heterocycles. The highest BCUT2D eigenvalue weighted by Gasteiger charge is 2.50. The van der Waals surface area contributed by atoms with E-state index in [9.17, 15) is 13.6 Å². The number of hydrogen-bond donors (Lipinski definition) is 3. The van der Waals surface area contributed by atoms with E-state index in [1.54, 1.807) is 24.3 Å². The van der Waals surface area contributed by atoms with Gasteiger partial charge in [-0.15, -0.1) is 0 Å². The van der Waals surface area contributed by atoms with Gasteiger partial charge in [0.2, 0.25) is 5.66 Å². The highest BCUT2D eigenvalue weighted by molar-refractivity contribution is 5.77. The van der Waals surface area contributed by atoms with E-state index >= 15 is 0 Å². The molecule has 10 nitrogen and oxygen atoms in total. The first-order chi connectivity index (χ1) is 18.1. The van der Waals surface area contributed by atoms with Gasteiger partial charge in [0.15, 0.2) is 12.1 Å². The molecule has 3 N–H and O–H groups in total. The predicted molar refractivity (Wildman–Crippen MR) is 136 cm³/mol. The first-order valence-corrected chi connectivity index (χ1v) is 12.9. The number of para-hydroxylation sites is 2. The molecule has 0 spiro atoms. The number of aromatic nitrogens is 2. The highest BCUT2D eigenvalue weighted by Crippen LogP contribution is 2.42. The predicted octanol–water partition coefficient (Wildman–Crippen LogP) is 1.67. The Morgan fingerprint density at radius 3 is 2.11 bits per heavy atom. The number of piperazine rings is 1. The topological polar surface area (TPSA) is 97.9 Å². The molecule has 6 rings (SSSR count). The Kier molecular flexibility index (Phi) is 6.55. The van der Waals surface area contributed by atoms with Gasteiger partial charge in [0.1, 0.15) is 17.8 Å². The molecule has 1 saturated carbocycles. The second kappa shape index (κ2) is 9.99. The molecule has 0 amide bonds. The maximum absolute atomic E-state index is 14.8. The molecule has 2 saturated heterocycles. The van der Waals surface area contributed by atoms with Gasteiger partial charge in [-0.3, -0.25) is 10.2 Å². The van der Waals surface area contributed by atoms with Crippen molar-refractivity contribution >= 4 is 29.3 Å². The van der Waals surface area contributed by atoms with Gasteiger partial charge in [0.25, 0.3) is 6.43 Å². The monoisotopic (exact) mass is 514 g/mol. The van der Waals surface area contributed by atoms with Crippen molar-refractivity contribution in [3.8, 4) is 0 Å². The summed E-state index contributed by atoms with van der Waals surface area (Å²) < 4.78 is 35.1. The van der Waals surface area contributed by atoms with Crippen LogP contribution in [0.25, 0.3) is 0 Å². The van der Waals surface area contributed by atoms with E-state index < -0.39 is 12.1 Å². The van der Waals surface area contributed by atoms with Crippen LogP contribution < -0.4 is 25.8 Å². The van der Waals surface area contributed by atoms with Crippen LogP contribution >= 0.6 is 0 Å². The van der Waals surface area contributed by atoms with Gasteiger partial charge >= 0.3 is 0 Å². The number of hydrogen-bond acceptors (Lipinski definition) is 10. The van der Waals surface area contributed by atoms with Gasteiger partial charge in [-0.25, -0.2) is 18.7 Å². The quantitative estimate of drug-likeness (QED) is 0.452. The number of rotatable bonds is 8. The summed E-state index contributed by atoms with van der Waals surface area (Å²) in [6, 6.07) is 9.43. The van der Waals surface area contributed by atoms with Crippen molar-refractivity contribution in [2.75, 3.05) is 72.9 Å². The molecule has 1 atom stereocenters. The standard InChI is InChI=1S/C25H32F2N8O2/c26-23(27)25(31-18-3-1-2-4-19(18)32-25)24-29-20(15-21(30-24)35-11-13-37-14-12-35)33-7-9-34(10-8-33)22(16-36)28-17-5-6-17/h1-4,15-17,22-23,28,31-32H,5-14H2. The Bertz CT molecular complexity index is 1090. The van der Waals surface area contributed by atoms with Crippen LogP contribution in [0.5, 0.6) is 0 Å². The third-order valence-electron chi connectivity index (χ3n) is 7.45. The number of carbonyl (C=O) groups excluding carboxylic acids is 1. The molecule has 198 valence electrons. The second-order valence-electron chi connectivity index (χ2n) is 9.96. The van der Waals surface area contributed by atoms with Gasteiger partial charge in [-0.2, -0.15) is 0 Å². The van der Waals surface area contributed by atoms with Crippen molar-refractivity contribution in [3.05, 3.63) is 36.2 Å². The van der Waals surface area contributed by atoms with E-state index in [0.717, 1.165) is 19.1 Å². The summed E-state index contributed by atoms with van der Waals surface area (Å²) in [7, 11) is 0. The molecule has 1 aliphatic carbocycles. The lowest BCUT2D eigenvalue weighted by molar-refractivity contribution is -0.113. The number of aldehydes is 1. The fourth-order valence-electron chi connectivity index (χ4n) is 5.14. The lowest BCUT2D eigenvalue weighted by Crippen LogP contribution is -2.56. The van der Waals surface area contributed by atoms with E-state index in [1.165, 1.54) is 0 Å². The first-order valence-electron chi connectivity index (χ1n) is 12.9. The lowest BCUT2D eigenvalue weighted by atomic mass is 10.1. The molecule has 4 aliphatic rings. The van der Waals surface area contributed by atoms with Gasteiger partial charge in [-0.05, 0) is 25.0 Å². The molecule has 12 heteroatoms. The summed E-state index contributed by atoms with van der Waals surface area (Å²) in [6.45, 7) is 4.93. The molecule has 1 aromatic heterocycles. The number of halogens is 2. The number of nitrogens with zero attached hydrogens (tertiary/aromatic N) is 5. The van der Waals surface area contributed by atoms with E-state index in [-0.39, 0.29) is 12.0 Å². The van der Waals surface area contributed by atoms with Crippen molar-refractivity contribution in [2.45, 2.75) is 37.1 Å². The van der Waals surface area contributed by atoms with Crippen LogP contribution in [-0.4, -0.2) is 92.3 Å². The SMILES string of the molecule is O=CC(NC1CC1)N1CCN(c2cc(N3CCOCC3)nc(C3(C(F)F)Nc4ccccc4N3)n2)CC1. The van der Waals surface area contributed by atoms with Crippen LogP contribution in [-0.2, 0) is 15.2 Å². The number of carbonyl (C=O) groups is 1. The van der Waals surface area contributed by atoms with Gasteiger partial charge < -0.3 is 30.0 Å². The van der Waals surface area contributed by atoms with Crippen LogP contribution in [0, 0.1) is 0 Å². The number of nitrogens with one attached hydrogen (secondary N) is 3. The van der Waals surface area contributed by atoms with Crippen LogP contribution in [0.2, 0.25) is 0 Å². The summed E-state index contributed by atoms with van der Waals surface area (Å²) >= 11 is 0. The third-order valence-corrected chi connectivity index (χ3v) is 7.45. The zero-order valence-electron chi connectivity index (χ0n) is 20.6. The molecule has 2 aromatic rings. The average molecular weight is 515 g/mol. The number of anilines is 4. The average Bonchev–Trinajstić information content (AvgIpc) is 3.67. The molecule has 3 fully saturated rings. The number of morpholine rings is 1. The number of benzene rings is 1. The molecule has 4 heterocycles. The fourth-order valence-corrected chi connectivity index (χ4v) is 5.14. The summed E-state index contributed by atoms with van der Waals surface area (Å²) in [5.41, 5.74) is -0.776. The van der Waals surface area contributed by atoms with Crippen molar-refractivity contribution in [2.24, 2.45) is 0 Å². The Balaban J connectivity index is 1.30. The maximum atomic E-state index is 14.8. The van der Waals surface area contributed by atoms with Crippen molar-refractivity contribution in [1.29, 1.82) is 0 Å². The smallest absolute Gasteiger partial charge is 0.286 e. The minimum Gasteiger partial charge on any atom is -0.378 e. The molecule has 1 unspecified atom stereocenters. The largest absolute Gasteiger partial charge is 0.378 e. The fraction of sp³-hybridized carbons (Fsp3) is 0.560. The van der Waals surface area contributed by atoms with E-state index in [4.69, 9.17) is 9.72 Å². The number of alkyl halides is 2. The minimum absolute atomic E-state index is 0.00119. The van der Waals surface area contributed by atoms with Crippen LogP contribution in [0.3, 0.4) is 0 Å². The molecular weight excluding hydrogens is 482 g/mol. The Labute approximate surface area is 214 Å². The lowest BCUT2D eigenvalue weighted by Gasteiger charge is -2.39. The zero-order chi connectivity index (χ0) is 25.4. The van der Waals surface area contributed by atoms with Crippen molar-refractivity contribution < 1.29 is 18.3 Å². The third kappa shape index (κ3) is 4.80. The Hall–Kier alpha value is -3.09. The Morgan fingerprint density at radius 2 is 1.57 bits per heavy atom. The van der Waals surface area contributed by atoms with Gasteiger partial charge in [0, 0.05) is 51.4 Å². The maximum Gasteiger partial charge on any atom is 0.286 e. The highest BCUT2D eigenvalue weighted by atomic mass is 19.3. The summed E-state index contributed by atoms with van der Waals surface area (Å²) in [4.78, 5) is 27.3. The molecule has 0 bridgehead atoms. The van der Waals surface area contributed by atoms with Crippen LogP contribution in [0.1, 0.15) is 18.7 Å². The zero-order valence-corrected chi connectivity index (χ0v) is 20.6. The molecule has 37 heavy (non-hydrogen) atoms. The molecule has 0 radical (unpaired) electrons. The van der Waals surface area contributed by atoms with E-state index in [2.05, 4.69) is 35.6 Å². The molecule has 1 aromatic carbocycles. The minimum atomic E-state index is -2.81. The van der Waals surface area contributed by atoms with E-state index in [0.29, 0.717) is 81.5 Å².